The molecular formula is C45H66O8. The topological polar surface area (TPSA) is 134 Å². The maximum Gasteiger partial charge on any atom is 0.333 e. The van der Waals surface area contributed by atoms with Gasteiger partial charge in [0, 0.05) is 28.4 Å². The fourth-order valence-electron chi connectivity index (χ4n) is 13.6. The van der Waals surface area contributed by atoms with Gasteiger partial charge in [0.15, 0.2) is 6.10 Å². The van der Waals surface area contributed by atoms with E-state index >= 15 is 0 Å². The first kappa shape index (κ1) is 40.2. The molecule has 5 fully saturated rings. The van der Waals surface area contributed by atoms with Crippen LogP contribution >= 0.6 is 0 Å². The van der Waals surface area contributed by atoms with Crippen LogP contribution in [0, 0.1) is 50.2 Å². The van der Waals surface area contributed by atoms with Gasteiger partial charge in [0.1, 0.15) is 6.10 Å². The first-order chi connectivity index (χ1) is 24.6. The van der Waals surface area contributed by atoms with Crippen molar-refractivity contribution in [3.63, 3.8) is 0 Å². The number of carbonyl (C=O) groups is 2. The third-order valence-corrected chi connectivity index (χ3v) is 16.9. The maximum atomic E-state index is 13.9. The minimum absolute atomic E-state index is 0.0528. The third-order valence-electron chi connectivity index (χ3n) is 16.9. The number of benzene rings is 1. The van der Waals surface area contributed by atoms with Crippen LogP contribution in [0.2, 0.25) is 0 Å². The lowest BCUT2D eigenvalue weighted by Crippen LogP contribution is -2.81. The Bertz CT molecular complexity index is 1630. The number of hydrogen-bond acceptors (Lipinski definition) is 8. The summed E-state index contributed by atoms with van der Waals surface area (Å²) in [5.41, 5.74) is -3.93. The van der Waals surface area contributed by atoms with Crippen molar-refractivity contribution < 1.29 is 39.5 Å². The van der Waals surface area contributed by atoms with Gasteiger partial charge >= 0.3 is 11.9 Å². The van der Waals surface area contributed by atoms with E-state index in [9.17, 15) is 30.0 Å². The number of allylic oxidation sites excluding steroid dienone is 1. The molecule has 4 N–H and O–H groups in total. The Kier molecular flexibility index (Phi) is 10.1. The van der Waals surface area contributed by atoms with Crippen molar-refractivity contribution in [1.82, 2.24) is 0 Å². The molecule has 0 bridgehead atoms. The summed E-state index contributed by atoms with van der Waals surface area (Å²) in [6, 6.07) is 9.37. The van der Waals surface area contributed by atoms with E-state index in [4.69, 9.17) is 9.47 Å². The van der Waals surface area contributed by atoms with Gasteiger partial charge in [-0.3, -0.25) is 0 Å². The Morgan fingerprint density at radius 3 is 2.09 bits per heavy atom. The predicted molar refractivity (Wildman–Crippen MR) is 205 cm³/mol. The van der Waals surface area contributed by atoms with Gasteiger partial charge in [-0.25, -0.2) is 9.59 Å². The molecule has 0 saturated heterocycles. The summed E-state index contributed by atoms with van der Waals surface area (Å²) in [5.74, 6) is -1.36. The van der Waals surface area contributed by atoms with Crippen LogP contribution in [0.15, 0.2) is 48.1 Å². The van der Waals surface area contributed by atoms with Crippen molar-refractivity contribution in [1.29, 1.82) is 0 Å². The molecule has 0 spiro atoms. The van der Waals surface area contributed by atoms with Crippen molar-refractivity contribution in [3.05, 3.63) is 53.6 Å². The summed E-state index contributed by atoms with van der Waals surface area (Å²) in [6.45, 7) is 20.3. The van der Waals surface area contributed by atoms with E-state index in [2.05, 4.69) is 34.6 Å². The third kappa shape index (κ3) is 5.65. The minimum Gasteiger partial charge on any atom is -0.454 e. The van der Waals surface area contributed by atoms with Gasteiger partial charge in [-0.15, -0.1) is 0 Å². The Labute approximate surface area is 317 Å². The number of carbonyl (C=O) groups excluding carboxylic acids is 2. The van der Waals surface area contributed by atoms with Crippen LogP contribution in [0.1, 0.15) is 126 Å². The van der Waals surface area contributed by atoms with Gasteiger partial charge in [0.2, 0.25) is 0 Å². The van der Waals surface area contributed by atoms with E-state index in [0.717, 1.165) is 37.7 Å². The van der Waals surface area contributed by atoms with Crippen LogP contribution in [-0.2, 0) is 19.1 Å². The highest BCUT2D eigenvalue weighted by molar-refractivity contribution is 5.88. The monoisotopic (exact) mass is 734 g/mol. The lowest BCUT2D eigenvalue weighted by molar-refractivity contribution is -0.366. The van der Waals surface area contributed by atoms with Gasteiger partial charge in [-0.2, -0.15) is 0 Å². The molecule has 0 aliphatic heterocycles. The number of aliphatic hydroxyl groups is 4. The van der Waals surface area contributed by atoms with Crippen molar-refractivity contribution in [2.45, 2.75) is 157 Å². The highest BCUT2D eigenvalue weighted by atomic mass is 16.6. The van der Waals surface area contributed by atoms with Crippen LogP contribution in [0.25, 0.3) is 6.08 Å². The number of fused-ring (bicyclic) bond motifs is 7. The van der Waals surface area contributed by atoms with Crippen LogP contribution in [0.4, 0.5) is 0 Å². The molecule has 5 aliphatic carbocycles. The van der Waals surface area contributed by atoms with Gasteiger partial charge in [0.25, 0.3) is 0 Å². The van der Waals surface area contributed by atoms with Crippen LogP contribution in [0.5, 0.6) is 0 Å². The zero-order valence-electron chi connectivity index (χ0n) is 33.8. The molecule has 294 valence electrons. The number of esters is 2. The Morgan fingerprint density at radius 1 is 0.830 bits per heavy atom. The van der Waals surface area contributed by atoms with E-state index < -0.39 is 64.1 Å². The summed E-state index contributed by atoms with van der Waals surface area (Å²) in [4.78, 5) is 27.4. The van der Waals surface area contributed by atoms with Crippen molar-refractivity contribution in [2.75, 3.05) is 0 Å². The molecule has 0 amide bonds. The van der Waals surface area contributed by atoms with Crippen molar-refractivity contribution in [3.8, 4) is 0 Å². The molecule has 3 unspecified atom stereocenters. The molecule has 1 aromatic carbocycles. The lowest BCUT2D eigenvalue weighted by Gasteiger charge is -2.77. The lowest BCUT2D eigenvalue weighted by atomic mass is 9.29. The molecule has 5 aliphatic rings. The average molecular weight is 735 g/mol. The molecule has 5 saturated carbocycles. The van der Waals surface area contributed by atoms with Crippen LogP contribution in [-0.4, -0.2) is 68.5 Å². The normalized spacial score (nSPS) is 45.2. The maximum absolute atomic E-state index is 13.9. The summed E-state index contributed by atoms with van der Waals surface area (Å²) < 4.78 is 12.7. The van der Waals surface area contributed by atoms with E-state index in [0.29, 0.717) is 24.3 Å². The first-order valence-corrected chi connectivity index (χ1v) is 20.1. The SMILES string of the molecule is CC=C(C)C(=O)O[C@H]1[C@H](OC(=O)C=Cc2ccccc2)[C@@]2([C@H](C)O)C(CC1(C)C)[C@@]1(O)CCC3[C@@]4(C)CC[C@H](O)C(C)(C)C4CC[C@@]3(C)[C@]1(C)C[C@H]2O. The molecule has 13 atom stereocenters. The molecular weight excluding hydrogens is 668 g/mol. The van der Waals surface area contributed by atoms with Gasteiger partial charge in [-0.1, -0.05) is 84.9 Å². The van der Waals surface area contributed by atoms with Crippen molar-refractivity contribution in [2.24, 2.45) is 50.2 Å². The molecule has 0 heterocycles. The molecule has 8 nitrogen and oxygen atoms in total. The molecule has 1 aromatic rings. The van der Waals surface area contributed by atoms with E-state index in [-0.39, 0.29) is 34.7 Å². The number of aliphatic hydroxyl groups excluding tert-OH is 3. The summed E-state index contributed by atoms with van der Waals surface area (Å²) in [5, 5.41) is 49.8. The number of ether oxygens (including phenoxy) is 2. The summed E-state index contributed by atoms with van der Waals surface area (Å²) in [6.07, 6.45) is 4.79. The Hall–Kier alpha value is -2.52. The Morgan fingerprint density at radius 2 is 1.47 bits per heavy atom. The number of rotatable bonds is 6. The fraction of sp³-hybridized carbons (Fsp3) is 0.733. The molecule has 53 heavy (non-hydrogen) atoms. The molecule has 0 aromatic heterocycles. The largest absolute Gasteiger partial charge is 0.454 e. The summed E-state index contributed by atoms with van der Waals surface area (Å²) >= 11 is 0. The Balaban J connectivity index is 1.47. The standard InChI is InChI=1S/C45H66O8/c1-11-27(2)38(50)53-36-37(52-35(49)18-17-29-15-13-12-14-16-29)45(28(3)46)32(25-39(36,4)5)44(51)24-20-31-41(8)22-21-33(47)40(6,7)30(41)19-23-42(31,9)43(44,10)26-34(45)48/h11-18,28,30-34,36-37,46-48,51H,19-26H2,1-10H3/t28-,30?,31?,32?,33-,34+,36-,37-,41-,42+,43-,44-,45-/m0/s1. The quantitative estimate of drug-likeness (QED) is 0.175. The number of hydrogen-bond donors (Lipinski definition) is 4. The molecule has 8 heteroatoms. The fourth-order valence-corrected chi connectivity index (χ4v) is 13.6. The zero-order valence-corrected chi connectivity index (χ0v) is 33.8. The van der Waals surface area contributed by atoms with Gasteiger partial charge in [-0.05, 0) is 112 Å². The van der Waals surface area contributed by atoms with E-state index in [1.165, 1.54) is 6.08 Å². The average Bonchev–Trinajstić information content (AvgIpc) is 3.08. The zero-order chi connectivity index (χ0) is 39.2. The molecule has 0 radical (unpaired) electrons. The first-order valence-electron chi connectivity index (χ1n) is 20.1. The minimum atomic E-state index is -1.55. The second kappa shape index (κ2) is 13.3. The van der Waals surface area contributed by atoms with Crippen molar-refractivity contribution >= 4 is 18.0 Å². The van der Waals surface area contributed by atoms with Crippen LogP contribution in [0.3, 0.4) is 0 Å². The van der Waals surface area contributed by atoms with Gasteiger partial charge in [0.05, 0.1) is 29.3 Å². The van der Waals surface area contributed by atoms with Crippen LogP contribution < -0.4 is 0 Å². The second-order valence-electron chi connectivity index (χ2n) is 19.8. The predicted octanol–water partition coefficient (Wildman–Crippen LogP) is 7.42. The molecule has 6 rings (SSSR count). The highest BCUT2D eigenvalue weighted by Gasteiger charge is 2.80. The summed E-state index contributed by atoms with van der Waals surface area (Å²) in [7, 11) is 0. The van der Waals surface area contributed by atoms with Gasteiger partial charge < -0.3 is 29.9 Å². The van der Waals surface area contributed by atoms with E-state index in [1.54, 1.807) is 32.9 Å². The second-order valence-corrected chi connectivity index (χ2v) is 19.8. The van der Waals surface area contributed by atoms with E-state index in [1.807, 2.05) is 44.2 Å². The smallest absolute Gasteiger partial charge is 0.333 e. The highest BCUT2D eigenvalue weighted by Crippen LogP contribution is 2.78.